The molecule has 0 aliphatic carbocycles. The number of ether oxygens (including phenoxy) is 2. The molecule has 1 fully saturated rings. The van der Waals surface area contributed by atoms with Gasteiger partial charge in [0.1, 0.15) is 22.8 Å². The highest BCUT2D eigenvalue weighted by Gasteiger charge is 2.17. The summed E-state index contributed by atoms with van der Waals surface area (Å²) in [6.45, 7) is 2.07. The molecule has 1 saturated heterocycles. The highest BCUT2D eigenvalue weighted by atomic mass is 16.5. The quantitative estimate of drug-likeness (QED) is 0.614. The van der Waals surface area contributed by atoms with Gasteiger partial charge in [0.15, 0.2) is 0 Å². The topological polar surface area (TPSA) is 86.5 Å². The van der Waals surface area contributed by atoms with Crippen LogP contribution in [0.5, 0.6) is 23.1 Å². The Morgan fingerprint density at radius 3 is 2.27 bits per heavy atom. The van der Waals surface area contributed by atoms with Crippen molar-refractivity contribution in [3.63, 3.8) is 0 Å². The van der Waals surface area contributed by atoms with Gasteiger partial charge in [-0.15, -0.1) is 0 Å². The van der Waals surface area contributed by atoms with E-state index in [1.54, 1.807) is 36.5 Å². The van der Waals surface area contributed by atoms with E-state index >= 15 is 0 Å². The van der Waals surface area contributed by atoms with Gasteiger partial charge >= 0.3 is 0 Å². The first-order valence-electron chi connectivity index (χ1n) is 10.2. The largest absolute Gasteiger partial charge is 0.457 e. The second-order valence-electron chi connectivity index (χ2n) is 7.45. The molecule has 6 nitrogen and oxygen atoms in total. The Morgan fingerprint density at radius 1 is 0.967 bits per heavy atom. The fourth-order valence-corrected chi connectivity index (χ4v) is 3.60. The zero-order chi connectivity index (χ0) is 20.8. The molecule has 2 heterocycles. The summed E-state index contributed by atoms with van der Waals surface area (Å²) in [6, 6.07) is 18.5. The molecular weight excluding hydrogens is 378 g/mol. The number of pyridine rings is 1. The van der Waals surface area contributed by atoms with Crippen molar-refractivity contribution in [1.29, 1.82) is 0 Å². The van der Waals surface area contributed by atoms with Crippen LogP contribution in [0.1, 0.15) is 28.8 Å². The van der Waals surface area contributed by atoms with Crippen molar-refractivity contribution in [2.75, 3.05) is 13.1 Å². The summed E-state index contributed by atoms with van der Waals surface area (Å²) in [5.41, 5.74) is 6.90. The van der Waals surface area contributed by atoms with Crippen molar-refractivity contribution in [3.05, 3.63) is 78.0 Å². The Hall–Kier alpha value is -3.38. The van der Waals surface area contributed by atoms with Crippen molar-refractivity contribution >= 4 is 5.91 Å². The van der Waals surface area contributed by atoms with Gasteiger partial charge in [-0.2, -0.15) is 0 Å². The molecule has 30 heavy (non-hydrogen) atoms. The number of para-hydroxylation sites is 1. The van der Waals surface area contributed by atoms with Gasteiger partial charge in [0.25, 0.3) is 5.91 Å². The van der Waals surface area contributed by atoms with E-state index in [0.29, 0.717) is 23.0 Å². The van der Waals surface area contributed by atoms with Crippen LogP contribution in [0.2, 0.25) is 0 Å². The van der Waals surface area contributed by atoms with Crippen molar-refractivity contribution in [2.24, 2.45) is 11.7 Å². The zero-order valence-electron chi connectivity index (χ0n) is 16.7. The van der Waals surface area contributed by atoms with E-state index in [0.717, 1.165) is 43.7 Å². The van der Waals surface area contributed by atoms with Crippen LogP contribution in [-0.4, -0.2) is 24.0 Å². The minimum atomic E-state index is -0.548. The van der Waals surface area contributed by atoms with E-state index in [9.17, 15) is 4.79 Å². The number of amides is 1. The molecule has 0 unspecified atom stereocenters. The maximum absolute atomic E-state index is 12.0. The molecule has 1 aliphatic heterocycles. The third-order valence-corrected chi connectivity index (χ3v) is 5.17. The van der Waals surface area contributed by atoms with Crippen LogP contribution in [0.15, 0.2) is 66.9 Å². The van der Waals surface area contributed by atoms with Gasteiger partial charge in [-0.3, -0.25) is 4.79 Å². The molecule has 154 valence electrons. The van der Waals surface area contributed by atoms with Crippen LogP contribution >= 0.6 is 0 Å². The molecule has 0 saturated carbocycles. The molecule has 1 aromatic heterocycles. The second-order valence-corrected chi connectivity index (χ2v) is 7.45. The summed E-state index contributed by atoms with van der Waals surface area (Å²) < 4.78 is 11.6. The normalized spacial score (nSPS) is 14.3. The first-order chi connectivity index (χ1) is 14.7. The molecule has 0 spiro atoms. The Balaban J connectivity index is 1.45. The lowest BCUT2D eigenvalue weighted by Crippen LogP contribution is -2.28. The van der Waals surface area contributed by atoms with Gasteiger partial charge in [-0.25, -0.2) is 4.98 Å². The maximum atomic E-state index is 12.0. The number of carbonyl (C=O) groups is 1. The first-order valence-corrected chi connectivity index (χ1v) is 10.2. The number of carbonyl (C=O) groups excluding carboxylic acids is 1. The summed E-state index contributed by atoms with van der Waals surface area (Å²) in [7, 11) is 0. The number of primary amides is 1. The van der Waals surface area contributed by atoms with Gasteiger partial charge in [0, 0.05) is 6.20 Å². The third-order valence-electron chi connectivity index (χ3n) is 5.17. The molecule has 0 radical (unpaired) electrons. The lowest BCUT2D eigenvalue weighted by Gasteiger charge is -2.22. The van der Waals surface area contributed by atoms with Crippen molar-refractivity contribution in [1.82, 2.24) is 10.3 Å². The minimum Gasteiger partial charge on any atom is -0.457 e. The Morgan fingerprint density at radius 2 is 1.60 bits per heavy atom. The molecule has 3 aromatic rings. The number of benzene rings is 2. The zero-order valence-corrected chi connectivity index (χ0v) is 16.7. The fraction of sp³-hybridized carbons (Fsp3) is 0.250. The number of nitrogens with one attached hydrogen (secondary N) is 1. The monoisotopic (exact) mass is 403 g/mol. The van der Waals surface area contributed by atoms with E-state index in [1.165, 1.54) is 0 Å². The highest BCUT2D eigenvalue weighted by Crippen LogP contribution is 2.28. The van der Waals surface area contributed by atoms with Crippen molar-refractivity contribution in [3.8, 4) is 23.1 Å². The highest BCUT2D eigenvalue weighted by molar-refractivity contribution is 5.95. The first kappa shape index (κ1) is 19.9. The Kier molecular flexibility index (Phi) is 6.25. The summed E-state index contributed by atoms with van der Waals surface area (Å²) in [5.74, 6) is 2.26. The van der Waals surface area contributed by atoms with Gasteiger partial charge in [-0.1, -0.05) is 18.2 Å². The summed E-state index contributed by atoms with van der Waals surface area (Å²) >= 11 is 0. The third kappa shape index (κ3) is 5.15. The molecule has 0 atom stereocenters. The Bertz CT molecular complexity index is 984. The number of rotatable bonds is 7. The minimum absolute atomic E-state index is 0.216. The standard InChI is InChI=1S/C24H25N3O3/c25-23(28)22-15-18(14-17-10-12-26-13-11-17)16-27-24(22)30-21-8-6-20(7-9-21)29-19-4-2-1-3-5-19/h1-9,15-17,26H,10-14H2,(H2,25,28). The summed E-state index contributed by atoms with van der Waals surface area (Å²) in [6.07, 6.45) is 4.92. The van der Waals surface area contributed by atoms with E-state index < -0.39 is 5.91 Å². The number of piperidine rings is 1. The summed E-state index contributed by atoms with van der Waals surface area (Å²) in [5, 5.41) is 3.37. The SMILES string of the molecule is NC(=O)c1cc(CC2CCNCC2)cnc1Oc1ccc(Oc2ccccc2)cc1. The predicted octanol–water partition coefficient (Wildman–Crippen LogP) is 4.31. The van der Waals surface area contributed by atoms with E-state index in [2.05, 4.69) is 10.3 Å². The van der Waals surface area contributed by atoms with Crippen LogP contribution in [0.25, 0.3) is 0 Å². The Labute approximate surface area is 176 Å². The predicted molar refractivity (Wildman–Crippen MR) is 115 cm³/mol. The summed E-state index contributed by atoms with van der Waals surface area (Å²) in [4.78, 5) is 16.4. The molecule has 6 heteroatoms. The number of hydrogen-bond donors (Lipinski definition) is 2. The molecule has 1 amide bonds. The van der Waals surface area contributed by atoms with Crippen molar-refractivity contribution in [2.45, 2.75) is 19.3 Å². The lowest BCUT2D eigenvalue weighted by molar-refractivity contribution is 0.0997. The second kappa shape index (κ2) is 9.41. The van der Waals surface area contributed by atoms with Crippen LogP contribution in [0.3, 0.4) is 0 Å². The molecule has 0 bridgehead atoms. The molecule has 2 aromatic carbocycles. The maximum Gasteiger partial charge on any atom is 0.254 e. The number of nitrogens with zero attached hydrogens (tertiary/aromatic N) is 1. The number of nitrogens with two attached hydrogens (primary N) is 1. The van der Waals surface area contributed by atoms with Gasteiger partial charge in [0.2, 0.25) is 5.88 Å². The fourth-order valence-electron chi connectivity index (χ4n) is 3.60. The van der Waals surface area contributed by atoms with Gasteiger partial charge in [0.05, 0.1) is 0 Å². The van der Waals surface area contributed by atoms with E-state index in [4.69, 9.17) is 15.2 Å². The van der Waals surface area contributed by atoms with Crippen molar-refractivity contribution < 1.29 is 14.3 Å². The molecular formula is C24H25N3O3. The lowest BCUT2D eigenvalue weighted by atomic mass is 9.91. The number of hydrogen-bond acceptors (Lipinski definition) is 5. The average Bonchev–Trinajstić information content (AvgIpc) is 2.77. The van der Waals surface area contributed by atoms with Gasteiger partial charge in [-0.05, 0) is 86.3 Å². The smallest absolute Gasteiger partial charge is 0.254 e. The van der Waals surface area contributed by atoms with E-state index in [-0.39, 0.29) is 5.88 Å². The number of aromatic nitrogens is 1. The molecule has 4 rings (SSSR count). The molecule has 3 N–H and O–H groups in total. The average molecular weight is 403 g/mol. The van der Waals surface area contributed by atoms with Gasteiger partial charge < -0.3 is 20.5 Å². The van der Waals surface area contributed by atoms with E-state index in [1.807, 2.05) is 30.3 Å². The van der Waals surface area contributed by atoms with Crippen LogP contribution in [0.4, 0.5) is 0 Å². The molecule has 1 aliphatic rings. The van der Waals surface area contributed by atoms with Crippen LogP contribution in [0, 0.1) is 5.92 Å². The van der Waals surface area contributed by atoms with Crippen LogP contribution < -0.4 is 20.5 Å². The van der Waals surface area contributed by atoms with Crippen LogP contribution in [-0.2, 0) is 6.42 Å².